The largest absolute Gasteiger partial charge is 0.462 e. The molecule has 0 N–H and O–H groups in total. The van der Waals surface area contributed by atoms with Gasteiger partial charge in [0.15, 0.2) is 12.4 Å². The lowest BCUT2D eigenvalue weighted by Crippen LogP contribution is -2.65. The molecular formula is C43H47IO10. The number of hydrogen-bond donors (Lipinski definition) is 0. The van der Waals surface area contributed by atoms with E-state index in [1.807, 2.05) is 105 Å². The normalized spacial score (nSPS) is 28.2. The summed E-state index contributed by atoms with van der Waals surface area (Å²) in [4.78, 5) is 13.8. The lowest BCUT2D eigenvalue weighted by molar-refractivity contribution is -0.357. The van der Waals surface area contributed by atoms with Crippen LogP contribution in [0.5, 0.6) is 5.75 Å². The number of hydrogen-bond acceptors (Lipinski definition) is 10. The fourth-order valence-corrected chi connectivity index (χ4v) is 6.97. The van der Waals surface area contributed by atoms with E-state index in [0.29, 0.717) is 11.3 Å². The maximum atomic E-state index is 13.8. The van der Waals surface area contributed by atoms with Crippen LogP contribution in [0.15, 0.2) is 128 Å². The molecule has 2 fully saturated rings. The Morgan fingerprint density at radius 2 is 1.20 bits per heavy atom. The van der Waals surface area contributed by atoms with Crippen LogP contribution in [0, 0.1) is 3.57 Å². The average Bonchev–Trinajstić information content (AvgIpc) is 3.19. The lowest BCUT2D eigenvalue weighted by atomic mass is 9.96. The summed E-state index contributed by atoms with van der Waals surface area (Å²) < 4.78 is 59.3. The number of rotatable bonds is 16. The van der Waals surface area contributed by atoms with Gasteiger partial charge in [-0.2, -0.15) is 0 Å². The van der Waals surface area contributed by atoms with Crippen molar-refractivity contribution in [1.82, 2.24) is 0 Å². The predicted molar refractivity (Wildman–Crippen MR) is 210 cm³/mol. The Bertz CT molecular complexity index is 1730. The van der Waals surface area contributed by atoms with Gasteiger partial charge in [0.1, 0.15) is 36.3 Å². The first-order valence-corrected chi connectivity index (χ1v) is 19.1. The number of ether oxygens (including phenoxy) is 9. The van der Waals surface area contributed by atoms with Crippen molar-refractivity contribution in [2.24, 2.45) is 0 Å². The van der Waals surface area contributed by atoms with E-state index in [1.165, 1.54) is 0 Å². The molecule has 4 aromatic rings. The molecule has 2 saturated heterocycles. The first kappa shape index (κ1) is 40.0. The number of carbonyl (C=O) groups excluding carboxylic acids is 1. The molecule has 0 unspecified atom stereocenters. The Labute approximate surface area is 330 Å². The van der Waals surface area contributed by atoms with Crippen LogP contribution in [-0.2, 0) is 51.1 Å². The molecule has 0 spiro atoms. The van der Waals surface area contributed by atoms with E-state index >= 15 is 0 Å². The Morgan fingerprint density at radius 3 is 1.76 bits per heavy atom. The summed E-state index contributed by atoms with van der Waals surface area (Å²) in [6.45, 7) is 8.39. The van der Waals surface area contributed by atoms with E-state index in [4.69, 9.17) is 42.6 Å². The Balaban J connectivity index is 1.34. The maximum absolute atomic E-state index is 13.8. The Kier molecular flexibility index (Phi) is 14.7. The number of methoxy groups -OCH3 is 1. The molecule has 6 rings (SSSR count). The van der Waals surface area contributed by atoms with Crippen LogP contribution in [0.4, 0.5) is 0 Å². The van der Waals surface area contributed by atoms with Crippen molar-refractivity contribution >= 4 is 28.6 Å². The minimum absolute atomic E-state index is 0.165. The van der Waals surface area contributed by atoms with Gasteiger partial charge in [-0.25, -0.2) is 4.79 Å². The molecule has 0 aliphatic carbocycles. The molecule has 10 atom stereocenters. The van der Waals surface area contributed by atoms with Crippen LogP contribution in [0.2, 0.25) is 0 Å². The van der Waals surface area contributed by atoms with E-state index < -0.39 is 67.4 Å². The highest BCUT2D eigenvalue weighted by atomic mass is 127. The third-order valence-electron chi connectivity index (χ3n) is 9.31. The van der Waals surface area contributed by atoms with Crippen LogP contribution >= 0.6 is 22.6 Å². The van der Waals surface area contributed by atoms with Crippen molar-refractivity contribution in [3.63, 3.8) is 0 Å². The molecule has 0 radical (unpaired) electrons. The number of halogens is 1. The van der Waals surface area contributed by atoms with Crippen molar-refractivity contribution in [2.75, 3.05) is 13.7 Å². The van der Waals surface area contributed by atoms with Crippen LogP contribution < -0.4 is 4.74 Å². The standard InChI is InChI=1S/C43H47IO10/c1-5-25-47-37-35(48-26-30-15-9-6-10-16-30)28(2)51-43(40(37)53-41(45)32-19-13-8-14-20-32)54-38-36(49-27-31-17-11-7-12-18-31)29(3)50-42(39(38)46-4)52-34-23-21-33(44)22-24-34/h5-24,28-29,35-40,42-43H,1,25-27H2,2-4H3/t28-,29-,35-,36-,37+,38+,39+,40+,42-,43-/m0/s1. The van der Waals surface area contributed by atoms with Crippen LogP contribution in [0.3, 0.4) is 0 Å². The van der Waals surface area contributed by atoms with Crippen molar-refractivity contribution in [2.45, 2.75) is 88.5 Å². The highest BCUT2D eigenvalue weighted by Crippen LogP contribution is 2.36. The lowest BCUT2D eigenvalue weighted by Gasteiger charge is -2.49. The zero-order valence-corrected chi connectivity index (χ0v) is 32.8. The molecule has 10 nitrogen and oxygen atoms in total. The van der Waals surface area contributed by atoms with Gasteiger partial charge in [-0.1, -0.05) is 84.9 Å². The van der Waals surface area contributed by atoms with Crippen LogP contribution in [0.25, 0.3) is 0 Å². The highest BCUT2D eigenvalue weighted by Gasteiger charge is 2.54. The summed E-state index contributed by atoms with van der Waals surface area (Å²) in [5, 5.41) is 0. The van der Waals surface area contributed by atoms with Gasteiger partial charge in [-0.15, -0.1) is 6.58 Å². The molecule has 4 aromatic carbocycles. The third kappa shape index (κ3) is 10.3. The van der Waals surface area contributed by atoms with Crippen LogP contribution in [-0.4, -0.2) is 81.1 Å². The fourth-order valence-electron chi connectivity index (χ4n) is 6.61. The molecule has 11 heteroatoms. The molecule has 2 aliphatic heterocycles. The van der Waals surface area contributed by atoms with Gasteiger partial charge in [0, 0.05) is 10.7 Å². The molecule has 286 valence electrons. The molecule has 54 heavy (non-hydrogen) atoms. The maximum Gasteiger partial charge on any atom is 0.338 e. The molecule has 2 aliphatic rings. The second kappa shape index (κ2) is 19.8. The van der Waals surface area contributed by atoms with Gasteiger partial charge in [-0.3, -0.25) is 0 Å². The first-order valence-electron chi connectivity index (χ1n) is 18.1. The van der Waals surface area contributed by atoms with E-state index in [0.717, 1.165) is 14.7 Å². The molecule has 2 heterocycles. The second-order valence-electron chi connectivity index (χ2n) is 13.1. The Morgan fingerprint density at radius 1 is 0.667 bits per heavy atom. The number of esters is 1. The third-order valence-corrected chi connectivity index (χ3v) is 10.0. The molecule has 0 aromatic heterocycles. The minimum Gasteiger partial charge on any atom is -0.462 e. The smallest absolute Gasteiger partial charge is 0.338 e. The summed E-state index contributed by atoms with van der Waals surface area (Å²) in [6, 6.07) is 36.1. The second-order valence-corrected chi connectivity index (χ2v) is 14.4. The van der Waals surface area contributed by atoms with Crippen molar-refractivity contribution in [3.8, 4) is 5.75 Å². The van der Waals surface area contributed by atoms with Gasteiger partial charge >= 0.3 is 5.97 Å². The Hall–Kier alpha value is -3.66. The summed E-state index contributed by atoms with van der Waals surface area (Å²) >= 11 is 2.24. The van der Waals surface area contributed by atoms with Crippen molar-refractivity contribution in [3.05, 3.63) is 148 Å². The van der Waals surface area contributed by atoms with Gasteiger partial charge in [0.05, 0.1) is 37.6 Å². The zero-order valence-electron chi connectivity index (χ0n) is 30.6. The van der Waals surface area contributed by atoms with E-state index in [9.17, 15) is 4.79 Å². The quantitative estimate of drug-likeness (QED) is 0.0640. The van der Waals surface area contributed by atoms with Gasteiger partial charge in [0.25, 0.3) is 0 Å². The van der Waals surface area contributed by atoms with E-state index in [1.54, 1.807) is 37.5 Å². The topological polar surface area (TPSA) is 100 Å². The summed E-state index contributed by atoms with van der Waals surface area (Å²) in [5.41, 5.74) is 2.31. The molecule has 0 bridgehead atoms. The van der Waals surface area contributed by atoms with E-state index in [2.05, 4.69) is 29.2 Å². The summed E-state index contributed by atoms with van der Waals surface area (Å²) in [6.07, 6.45) is -6.28. The SMILES string of the molecule is C=CCO[C@@H]1[C@@H](OCc2ccccc2)[C@H](C)O[C@@H](O[C@@H]2[C@@H](OCc3ccccc3)[C@H](C)O[C@@H](Oc3ccc(I)cc3)[C@@H]2OC)[C@@H]1OC(=O)c1ccccc1. The highest BCUT2D eigenvalue weighted by molar-refractivity contribution is 14.1. The molecule has 0 saturated carbocycles. The van der Waals surface area contributed by atoms with Crippen molar-refractivity contribution < 1.29 is 47.4 Å². The number of benzene rings is 4. The average molecular weight is 851 g/mol. The van der Waals surface area contributed by atoms with Gasteiger partial charge in [-0.05, 0) is 84.0 Å². The van der Waals surface area contributed by atoms with Crippen LogP contribution in [0.1, 0.15) is 35.3 Å². The molecular weight excluding hydrogens is 803 g/mol. The first-order chi connectivity index (χ1) is 26.3. The summed E-state index contributed by atoms with van der Waals surface area (Å²) in [5.74, 6) is 0.0346. The fraction of sp³-hybridized carbons (Fsp3) is 0.372. The monoisotopic (exact) mass is 850 g/mol. The number of carbonyl (C=O) groups is 1. The van der Waals surface area contributed by atoms with Gasteiger partial charge < -0.3 is 42.6 Å². The minimum atomic E-state index is -1.14. The van der Waals surface area contributed by atoms with E-state index in [-0.39, 0.29) is 19.8 Å². The molecule has 0 amide bonds. The van der Waals surface area contributed by atoms with Gasteiger partial charge in [0.2, 0.25) is 6.29 Å². The zero-order chi connectivity index (χ0) is 37.9. The summed E-state index contributed by atoms with van der Waals surface area (Å²) in [7, 11) is 1.57. The predicted octanol–water partition coefficient (Wildman–Crippen LogP) is 7.53. The van der Waals surface area contributed by atoms with Crippen molar-refractivity contribution in [1.29, 1.82) is 0 Å².